The third kappa shape index (κ3) is 73.8. The van der Waals surface area contributed by atoms with E-state index in [1.807, 2.05) is 275 Å². The van der Waals surface area contributed by atoms with Crippen LogP contribution in [0.3, 0.4) is 0 Å². The summed E-state index contributed by atoms with van der Waals surface area (Å²) in [4.78, 5) is 24.1. The molecule has 744 valence electrons. The average molecular weight is 1970 g/mol. The Labute approximate surface area is 792 Å². The fraction of sp³-hybridized carbons (Fsp3) is 0.510. The molecule has 20 nitrogen and oxygen atoms in total. The zero-order valence-electron chi connectivity index (χ0n) is 85.0. The molecule has 9 aromatic rings. The summed E-state index contributed by atoms with van der Waals surface area (Å²) in [5, 5.41) is 1.27. The highest BCUT2D eigenvalue weighted by Crippen LogP contribution is 2.36. The minimum absolute atomic E-state index is 0.0347. The van der Waals surface area contributed by atoms with Crippen molar-refractivity contribution in [1.82, 2.24) is 0 Å². The van der Waals surface area contributed by atoms with Gasteiger partial charge in [-0.1, -0.05) is 324 Å². The molecule has 130 heavy (non-hydrogen) atoms. The maximum atomic E-state index is 12.1. The van der Waals surface area contributed by atoms with Crippen LogP contribution in [0, 0.1) is 0 Å². The van der Waals surface area contributed by atoms with Crippen molar-refractivity contribution < 1.29 is 81.3 Å². The van der Waals surface area contributed by atoms with Crippen LogP contribution >= 0.6 is 0 Å². The molecule has 0 saturated carbocycles. The number of ketones is 1. The first-order valence-corrected chi connectivity index (χ1v) is 62.1. The molecule has 3 aliphatic rings. The Hall–Kier alpha value is -7.70. The molecule has 2 heterocycles. The van der Waals surface area contributed by atoms with Gasteiger partial charge < -0.3 is 9.15 Å². The molecule has 28 heteroatoms. The van der Waals surface area contributed by atoms with Crippen LogP contribution in [0.15, 0.2) is 203 Å². The van der Waals surface area contributed by atoms with Crippen molar-refractivity contribution in [2.45, 2.75) is 243 Å². The van der Waals surface area contributed by atoms with Crippen molar-refractivity contribution in [1.29, 1.82) is 0 Å². The number of ether oxygens (including phenoxy) is 1. The number of carbonyl (C=O) groups excluding carboxylic acids is 1. The largest absolute Gasteiger partial charge is 0.457 e. The van der Waals surface area contributed by atoms with E-state index in [1.165, 1.54) is 83.4 Å². The molecule has 1 aromatic heterocycles. The Balaban J connectivity index is -0.000000208. The van der Waals surface area contributed by atoms with Crippen molar-refractivity contribution in [3.8, 4) is 11.5 Å². The van der Waals surface area contributed by atoms with Gasteiger partial charge in [-0.2, -0.15) is 0 Å². The highest BCUT2D eigenvalue weighted by Gasteiger charge is 2.22. The lowest BCUT2D eigenvalue weighted by Gasteiger charge is -2.19. The van der Waals surface area contributed by atoms with E-state index in [9.17, 15) is 76.9 Å². The number of fused-ring (bicyclic) bond motifs is 8. The number of para-hydroxylation sites is 4. The Morgan fingerprint density at radius 2 is 0.377 bits per heavy atom. The molecule has 0 saturated heterocycles. The monoisotopic (exact) mass is 1970 g/mol. The van der Waals surface area contributed by atoms with Gasteiger partial charge in [-0.15, -0.1) is 0 Å². The third-order valence-corrected chi connectivity index (χ3v) is 24.7. The predicted molar refractivity (Wildman–Crippen MR) is 564 cm³/mol. The Morgan fingerprint density at radius 3 is 0.577 bits per heavy atom. The van der Waals surface area contributed by atoms with Gasteiger partial charge in [0, 0.05) is 114 Å². The van der Waals surface area contributed by atoms with E-state index in [0.717, 1.165) is 111 Å². The first-order chi connectivity index (χ1) is 61.1. The Morgan fingerprint density at radius 1 is 0.215 bits per heavy atom. The molecule has 8 aromatic carbocycles. The van der Waals surface area contributed by atoms with Crippen molar-refractivity contribution in [3.05, 3.63) is 260 Å². The lowest BCUT2D eigenvalue weighted by atomic mass is 9.85. The number of rotatable bonds is 16. The van der Waals surface area contributed by atoms with Gasteiger partial charge in [0.25, 0.3) is 0 Å². The molecule has 0 radical (unpaired) electrons. The van der Waals surface area contributed by atoms with E-state index in [4.69, 9.17) is 9.15 Å². The zero-order valence-corrected chi connectivity index (χ0v) is 91.6. The molecule has 0 amide bonds. The minimum atomic E-state index is -2.67. The molecular formula is C102H168O20S8. The molecule has 1 aliphatic heterocycles. The summed E-state index contributed by atoms with van der Waals surface area (Å²) >= 11 is 0. The van der Waals surface area contributed by atoms with Crippen LogP contribution in [0.1, 0.15) is 278 Å². The normalized spacial score (nSPS) is 11.0. The van der Waals surface area contributed by atoms with Crippen LogP contribution < -0.4 is 10.2 Å². The zero-order chi connectivity index (χ0) is 103. The number of sulfone groups is 8. The van der Waals surface area contributed by atoms with Crippen LogP contribution in [-0.2, 0) is 104 Å². The van der Waals surface area contributed by atoms with Gasteiger partial charge in [0.15, 0.2) is 5.78 Å². The second kappa shape index (κ2) is 79.8. The van der Waals surface area contributed by atoms with Gasteiger partial charge in [0.2, 0.25) is 5.43 Å². The Bertz CT molecular complexity index is 4690. The van der Waals surface area contributed by atoms with Crippen molar-refractivity contribution in [3.63, 3.8) is 0 Å². The summed E-state index contributed by atoms with van der Waals surface area (Å²) in [5.41, 5.74) is 13.8. The molecule has 12 rings (SSSR count). The quantitative estimate of drug-likeness (QED) is 0.0811. The molecule has 0 N–H and O–H groups in total. The molecule has 0 atom stereocenters. The molecule has 0 spiro atoms. The lowest BCUT2D eigenvalue weighted by molar-refractivity contribution is 0.103. The number of benzene rings is 8. The maximum absolute atomic E-state index is 12.1. The highest BCUT2D eigenvalue weighted by molar-refractivity contribution is 7.92. The van der Waals surface area contributed by atoms with E-state index in [2.05, 4.69) is 72.8 Å². The van der Waals surface area contributed by atoms with E-state index >= 15 is 0 Å². The van der Waals surface area contributed by atoms with Crippen LogP contribution in [-0.4, -0.2) is 169 Å². The van der Waals surface area contributed by atoms with Crippen LogP contribution in [0.4, 0.5) is 0 Å². The Kier molecular flexibility index (Phi) is 84.6. The summed E-state index contributed by atoms with van der Waals surface area (Å²) in [5.74, 6) is 4.64. The van der Waals surface area contributed by atoms with Crippen molar-refractivity contribution >= 4 is 106 Å². The van der Waals surface area contributed by atoms with E-state index in [1.54, 1.807) is 12.1 Å². The average Bonchev–Trinajstić information content (AvgIpc) is 0.783. The number of hydrogen-bond acceptors (Lipinski definition) is 20. The number of hydrogen-bond donors (Lipinski definition) is 0. The van der Waals surface area contributed by atoms with Gasteiger partial charge in [0.05, 0.1) is 10.8 Å². The molecule has 0 fully saturated rings. The van der Waals surface area contributed by atoms with Crippen LogP contribution in [0.2, 0.25) is 0 Å². The van der Waals surface area contributed by atoms with Gasteiger partial charge in [-0.25, -0.2) is 67.3 Å². The summed E-state index contributed by atoms with van der Waals surface area (Å²) in [6.07, 6.45) is 19.8. The van der Waals surface area contributed by atoms with Crippen LogP contribution in [0.25, 0.3) is 21.9 Å². The van der Waals surface area contributed by atoms with Gasteiger partial charge >= 0.3 is 0 Å². The fourth-order valence-electron chi connectivity index (χ4n) is 10.9. The van der Waals surface area contributed by atoms with Crippen molar-refractivity contribution in [2.24, 2.45) is 0 Å². The standard InChI is InChI=1S/C14H10O.C14H12.C13H8O2.C13H10O.8C4H10O2S.8C2H6/c15-14-12-7-3-1-5-10(12)9-11-6-2-4-8-13(11)14;1-2-6-12-10-14-8-4-3-7-13(14)9-11(12)5-1;14-13-9-5-1-3-7-11(9)15-12-8-4-2-6-10(12)13;1-3-7-12-10(5-1)9-11-6-2-4-8-13(11)14-12;8*1-3-4-7(2,5)6;8*1-2/h1-8H,9H2;1-8H,9-10H2;1-8H;1-8H,9H2;8*3-4H2,1-2H3;8*1-2H3. The predicted octanol–water partition coefficient (Wildman–Crippen LogP) is 24.1. The van der Waals surface area contributed by atoms with Gasteiger partial charge in [0.1, 0.15) is 101 Å². The third-order valence-electron chi connectivity index (χ3n) is 15.5. The molecular weight excluding hydrogens is 1800 g/mol. The first kappa shape index (κ1) is 138. The van der Waals surface area contributed by atoms with E-state index in [0.29, 0.717) is 68.0 Å². The van der Waals surface area contributed by atoms with Gasteiger partial charge in [-0.05, 0) is 152 Å². The van der Waals surface area contributed by atoms with E-state index < -0.39 is 78.7 Å². The van der Waals surface area contributed by atoms with Gasteiger partial charge in [-0.3, -0.25) is 9.59 Å². The summed E-state index contributed by atoms with van der Waals surface area (Å²) in [6, 6.07) is 64.2. The summed E-state index contributed by atoms with van der Waals surface area (Å²) in [6.45, 7) is 46.8. The molecule has 0 bridgehead atoms. The second-order valence-electron chi connectivity index (χ2n) is 27.7. The summed E-state index contributed by atoms with van der Waals surface area (Å²) in [7, 11) is -21.4. The maximum Gasteiger partial charge on any atom is 0.200 e. The number of carbonyl (C=O) groups is 1. The molecule has 0 unspecified atom stereocenters. The SMILES string of the molecule is CC.CC.CC.CC.CC.CC.CC.CC.CCCS(C)(=O)=O.CCCS(C)(=O)=O.CCCS(C)(=O)=O.CCCS(C)(=O)=O.CCCS(C)(=O)=O.CCCS(C)(=O)=O.CCCS(C)(=O)=O.CCCS(C)(=O)=O.O=C1c2ccccc2Cc2ccccc21.O=c1c2ccccc2oc2ccccc12.c1ccc2c(c1)Cc1ccccc1C2.c1ccc2c(c1)Cc1ccccc1O2. The highest BCUT2D eigenvalue weighted by atomic mass is 32.2. The first-order valence-electron chi connectivity index (χ1n) is 45.6. The lowest BCUT2D eigenvalue weighted by Crippen LogP contribution is -2.14. The topological polar surface area (TPSA) is 330 Å². The van der Waals surface area contributed by atoms with Crippen LogP contribution in [0.5, 0.6) is 11.5 Å². The minimum Gasteiger partial charge on any atom is -0.457 e. The van der Waals surface area contributed by atoms with Crippen molar-refractivity contribution in [2.75, 3.05) is 96.1 Å². The smallest absolute Gasteiger partial charge is 0.200 e. The second-order valence-corrected chi connectivity index (χ2v) is 45.7. The van der Waals surface area contributed by atoms with E-state index in [-0.39, 0.29) is 11.2 Å². The molecule has 2 aliphatic carbocycles. The fourth-order valence-corrected chi connectivity index (χ4v) is 16.8. The summed E-state index contributed by atoms with van der Waals surface area (Å²) < 4.78 is 175.